The van der Waals surface area contributed by atoms with Gasteiger partial charge in [0, 0.05) is 11.1 Å². The van der Waals surface area contributed by atoms with Crippen LogP contribution in [0, 0.1) is 5.82 Å². The van der Waals surface area contributed by atoms with Gasteiger partial charge in [0.25, 0.3) is 0 Å². The van der Waals surface area contributed by atoms with Gasteiger partial charge < -0.3 is 10.5 Å². The highest BCUT2D eigenvalue weighted by Gasteiger charge is 2.42. The molecule has 1 saturated heterocycles. The van der Waals surface area contributed by atoms with Gasteiger partial charge in [-0.15, -0.1) is 0 Å². The molecule has 1 aromatic rings. The van der Waals surface area contributed by atoms with Crippen molar-refractivity contribution in [2.75, 3.05) is 20.2 Å². The fraction of sp³-hybridized carbons (Fsp3) is 0.647. The Labute approximate surface area is 127 Å². The van der Waals surface area contributed by atoms with Crippen LogP contribution >= 0.6 is 0 Å². The molecule has 1 atom stereocenters. The van der Waals surface area contributed by atoms with Crippen molar-refractivity contribution in [1.29, 1.82) is 0 Å². The predicted molar refractivity (Wildman–Crippen MR) is 84.0 cm³/mol. The van der Waals surface area contributed by atoms with Gasteiger partial charge in [0.1, 0.15) is 11.6 Å². The first-order valence-corrected chi connectivity index (χ1v) is 7.93. The first kappa shape index (κ1) is 16.2. The van der Waals surface area contributed by atoms with E-state index in [-0.39, 0.29) is 17.4 Å². The van der Waals surface area contributed by atoms with Crippen LogP contribution in [0.5, 0.6) is 5.75 Å². The second-order valence-corrected chi connectivity index (χ2v) is 5.87. The fourth-order valence-corrected chi connectivity index (χ4v) is 3.73. The van der Waals surface area contributed by atoms with Gasteiger partial charge in [-0.25, -0.2) is 4.39 Å². The third-order valence-electron chi connectivity index (χ3n) is 5.07. The third-order valence-corrected chi connectivity index (χ3v) is 5.07. The van der Waals surface area contributed by atoms with Crippen molar-refractivity contribution in [2.24, 2.45) is 5.73 Å². The van der Waals surface area contributed by atoms with E-state index in [4.69, 9.17) is 10.5 Å². The van der Waals surface area contributed by atoms with E-state index in [0.717, 1.165) is 31.5 Å². The van der Waals surface area contributed by atoms with Crippen molar-refractivity contribution < 1.29 is 9.13 Å². The molecule has 118 valence electrons. The van der Waals surface area contributed by atoms with E-state index in [9.17, 15) is 4.39 Å². The Kier molecular flexibility index (Phi) is 5.22. The molecular weight excluding hydrogens is 267 g/mol. The van der Waals surface area contributed by atoms with Crippen molar-refractivity contribution in [1.82, 2.24) is 4.90 Å². The van der Waals surface area contributed by atoms with Crippen LogP contribution in [0.3, 0.4) is 0 Å². The normalized spacial score (nSPS) is 18.0. The van der Waals surface area contributed by atoms with Gasteiger partial charge in [-0.3, -0.25) is 4.90 Å². The molecule has 21 heavy (non-hydrogen) atoms. The lowest BCUT2D eigenvalue weighted by Gasteiger charge is -2.45. The number of ether oxygens (including phenoxy) is 1. The summed E-state index contributed by atoms with van der Waals surface area (Å²) in [5.74, 6) is 0.415. The molecule has 1 aromatic carbocycles. The van der Waals surface area contributed by atoms with Crippen LogP contribution in [0.4, 0.5) is 4.39 Å². The zero-order chi connectivity index (χ0) is 15.5. The second-order valence-electron chi connectivity index (χ2n) is 5.87. The highest BCUT2D eigenvalue weighted by Crippen LogP contribution is 2.40. The molecule has 0 radical (unpaired) electrons. The largest absolute Gasteiger partial charge is 0.496 e. The molecule has 1 aliphatic rings. The number of hydrogen-bond acceptors (Lipinski definition) is 3. The maximum Gasteiger partial charge on any atom is 0.123 e. The van der Waals surface area contributed by atoms with Gasteiger partial charge in [0.2, 0.25) is 0 Å². The van der Waals surface area contributed by atoms with Gasteiger partial charge in [-0.1, -0.05) is 13.8 Å². The van der Waals surface area contributed by atoms with Gasteiger partial charge in [0.15, 0.2) is 0 Å². The summed E-state index contributed by atoms with van der Waals surface area (Å²) in [6.45, 7) is 6.50. The second kappa shape index (κ2) is 6.75. The summed E-state index contributed by atoms with van der Waals surface area (Å²) in [7, 11) is 1.61. The molecule has 0 spiro atoms. The maximum atomic E-state index is 13.7. The number of nitrogens with two attached hydrogens (primary N) is 1. The molecular formula is C17H27FN2O. The van der Waals surface area contributed by atoms with E-state index >= 15 is 0 Å². The van der Waals surface area contributed by atoms with E-state index in [1.165, 1.54) is 25.0 Å². The first-order chi connectivity index (χ1) is 10.1. The summed E-state index contributed by atoms with van der Waals surface area (Å²) >= 11 is 0. The van der Waals surface area contributed by atoms with Crippen LogP contribution in [-0.4, -0.2) is 30.6 Å². The number of benzene rings is 1. The molecule has 1 aliphatic heterocycles. The van der Waals surface area contributed by atoms with E-state index in [2.05, 4.69) is 18.7 Å². The number of hydrogen-bond donors (Lipinski definition) is 1. The predicted octanol–water partition coefficient (Wildman–Crippen LogP) is 3.49. The Bertz CT molecular complexity index is 468. The average molecular weight is 294 g/mol. The van der Waals surface area contributed by atoms with Gasteiger partial charge >= 0.3 is 0 Å². The molecule has 0 aliphatic carbocycles. The average Bonchev–Trinajstić information content (AvgIpc) is 3.03. The Morgan fingerprint density at radius 3 is 2.43 bits per heavy atom. The topological polar surface area (TPSA) is 38.5 Å². The molecule has 0 aromatic heterocycles. The van der Waals surface area contributed by atoms with E-state index in [1.54, 1.807) is 13.2 Å². The van der Waals surface area contributed by atoms with Crippen LogP contribution in [0.15, 0.2) is 18.2 Å². The summed E-state index contributed by atoms with van der Waals surface area (Å²) < 4.78 is 19.1. The monoisotopic (exact) mass is 294 g/mol. The quantitative estimate of drug-likeness (QED) is 0.873. The molecule has 0 amide bonds. The highest BCUT2D eigenvalue weighted by molar-refractivity contribution is 5.38. The third kappa shape index (κ3) is 2.92. The maximum absolute atomic E-state index is 13.7. The molecule has 0 saturated carbocycles. The fourth-order valence-electron chi connectivity index (χ4n) is 3.73. The Morgan fingerprint density at radius 2 is 1.90 bits per heavy atom. The molecule has 3 nitrogen and oxygen atoms in total. The van der Waals surface area contributed by atoms with Crippen LogP contribution in [-0.2, 0) is 0 Å². The molecule has 4 heteroatoms. The van der Waals surface area contributed by atoms with Gasteiger partial charge in [-0.2, -0.15) is 0 Å². The number of likely N-dealkylation sites (tertiary alicyclic amines) is 1. The molecule has 2 N–H and O–H groups in total. The van der Waals surface area contributed by atoms with Crippen molar-refractivity contribution >= 4 is 0 Å². The minimum absolute atomic E-state index is 0.127. The molecule has 1 heterocycles. The molecule has 1 fully saturated rings. The van der Waals surface area contributed by atoms with Crippen molar-refractivity contribution in [3.05, 3.63) is 29.6 Å². The minimum Gasteiger partial charge on any atom is -0.496 e. The van der Waals surface area contributed by atoms with Crippen LogP contribution in [0.25, 0.3) is 0 Å². The molecule has 0 bridgehead atoms. The van der Waals surface area contributed by atoms with Crippen molar-refractivity contribution in [3.8, 4) is 5.75 Å². The summed E-state index contributed by atoms with van der Waals surface area (Å²) in [5.41, 5.74) is 7.28. The van der Waals surface area contributed by atoms with Crippen LogP contribution in [0.1, 0.15) is 51.1 Å². The Morgan fingerprint density at radius 1 is 1.29 bits per heavy atom. The van der Waals surface area contributed by atoms with Crippen LogP contribution < -0.4 is 10.5 Å². The first-order valence-electron chi connectivity index (χ1n) is 7.93. The lowest BCUT2D eigenvalue weighted by molar-refractivity contribution is 0.0756. The summed E-state index contributed by atoms with van der Waals surface area (Å²) in [6.07, 6.45) is 4.33. The lowest BCUT2D eigenvalue weighted by Crippen LogP contribution is -2.53. The summed E-state index contributed by atoms with van der Waals surface area (Å²) in [5, 5.41) is 0. The summed E-state index contributed by atoms with van der Waals surface area (Å²) in [4.78, 5) is 2.49. The highest BCUT2D eigenvalue weighted by atomic mass is 19.1. The van der Waals surface area contributed by atoms with E-state index < -0.39 is 0 Å². The standard InChI is InChI=1S/C17H27FN2O/c1-4-17(5-2,20-10-6-7-11-20)16(19)14-12-13(18)8-9-15(14)21-3/h8-9,12,16H,4-7,10-11,19H2,1-3H3. The number of rotatable bonds is 6. The molecule has 1 unspecified atom stereocenters. The molecule has 2 rings (SSSR count). The van der Waals surface area contributed by atoms with E-state index in [0.29, 0.717) is 5.75 Å². The van der Waals surface area contributed by atoms with Crippen molar-refractivity contribution in [2.45, 2.75) is 51.1 Å². The Balaban J connectivity index is 2.42. The van der Waals surface area contributed by atoms with Crippen molar-refractivity contribution in [3.63, 3.8) is 0 Å². The Hall–Kier alpha value is -1.13. The van der Waals surface area contributed by atoms with Gasteiger partial charge in [0.05, 0.1) is 13.2 Å². The minimum atomic E-state index is -0.260. The zero-order valence-corrected chi connectivity index (χ0v) is 13.4. The SMILES string of the molecule is CCC(CC)(C(N)c1cc(F)ccc1OC)N1CCCC1. The van der Waals surface area contributed by atoms with E-state index in [1.807, 2.05) is 0 Å². The smallest absolute Gasteiger partial charge is 0.123 e. The van der Waals surface area contributed by atoms with Gasteiger partial charge in [-0.05, 0) is 57.0 Å². The number of methoxy groups -OCH3 is 1. The number of halogens is 1. The van der Waals surface area contributed by atoms with Crippen LogP contribution in [0.2, 0.25) is 0 Å². The lowest BCUT2D eigenvalue weighted by atomic mass is 9.79. The summed E-state index contributed by atoms with van der Waals surface area (Å²) in [6, 6.07) is 4.37. The number of nitrogens with zero attached hydrogens (tertiary/aromatic N) is 1. The zero-order valence-electron chi connectivity index (χ0n) is 13.4.